The van der Waals surface area contributed by atoms with E-state index in [2.05, 4.69) is 0 Å². The highest BCUT2D eigenvalue weighted by atomic mass is 35.5. The van der Waals surface area contributed by atoms with E-state index in [9.17, 15) is 8.42 Å². The van der Waals surface area contributed by atoms with E-state index in [4.69, 9.17) is 28.9 Å². The second-order valence-electron chi connectivity index (χ2n) is 5.03. The maximum absolute atomic E-state index is 12.5. The third-order valence-corrected chi connectivity index (χ3v) is 5.94. The van der Waals surface area contributed by atoms with Gasteiger partial charge in [-0.15, -0.1) is 0 Å². The van der Waals surface area contributed by atoms with Gasteiger partial charge < -0.3 is 5.73 Å². The van der Waals surface area contributed by atoms with Gasteiger partial charge in [-0.25, -0.2) is 8.42 Å². The van der Waals surface area contributed by atoms with Gasteiger partial charge in [0, 0.05) is 23.1 Å². The van der Waals surface area contributed by atoms with Crippen molar-refractivity contribution in [3.05, 3.63) is 28.2 Å². The highest BCUT2D eigenvalue weighted by Crippen LogP contribution is 2.28. The van der Waals surface area contributed by atoms with Crippen molar-refractivity contribution >= 4 is 33.2 Å². The van der Waals surface area contributed by atoms with Crippen molar-refractivity contribution in [3.63, 3.8) is 0 Å². The molecule has 20 heavy (non-hydrogen) atoms. The van der Waals surface area contributed by atoms with E-state index in [0.29, 0.717) is 35.6 Å². The minimum absolute atomic E-state index is 0.160. The molecule has 0 unspecified atom stereocenters. The molecule has 7 heteroatoms. The molecule has 0 bridgehead atoms. The Morgan fingerprint density at radius 2 is 1.70 bits per heavy atom. The van der Waals surface area contributed by atoms with Gasteiger partial charge in [0.1, 0.15) is 0 Å². The summed E-state index contributed by atoms with van der Waals surface area (Å²) in [6, 6.07) is 4.40. The molecule has 112 valence electrons. The molecule has 2 rings (SSSR count). The fourth-order valence-corrected chi connectivity index (χ4v) is 4.70. The van der Waals surface area contributed by atoms with Crippen molar-refractivity contribution in [2.24, 2.45) is 11.7 Å². The monoisotopic (exact) mass is 336 g/mol. The lowest BCUT2D eigenvalue weighted by Gasteiger charge is -2.31. The highest BCUT2D eigenvalue weighted by molar-refractivity contribution is 7.89. The summed E-state index contributed by atoms with van der Waals surface area (Å²) in [5.74, 6) is 0.523. The molecule has 4 nitrogen and oxygen atoms in total. The fraction of sp³-hybridized carbons (Fsp3) is 0.538. The molecular formula is C13H18Cl2N2O2S. The number of hydrogen-bond acceptors (Lipinski definition) is 3. The van der Waals surface area contributed by atoms with Crippen LogP contribution in [0.5, 0.6) is 0 Å². The summed E-state index contributed by atoms with van der Waals surface area (Å²) in [5.41, 5.74) is 5.54. The van der Waals surface area contributed by atoms with Crippen LogP contribution < -0.4 is 5.73 Å². The van der Waals surface area contributed by atoms with Crippen LogP contribution in [0.4, 0.5) is 0 Å². The average Bonchev–Trinajstić information content (AvgIpc) is 2.38. The summed E-state index contributed by atoms with van der Waals surface area (Å²) in [4.78, 5) is 0.160. The summed E-state index contributed by atoms with van der Waals surface area (Å²) in [7, 11) is -3.51. The van der Waals surface area contributed by atoms with Crippen LogP contribution >= 0.6 is 23.2 Å². The molecule has 1 aliphatic heterocycles. The average molecular weight is 337 g/mol. The predicted octanol–water partition coefficient (Wildman–Crippen LogP) is 2.74. The van der Waals surface area contributed by atoms with E-state index in [-0.39, 0.29) is 4.90 Å². The van der Waals surface area contributed by atoms with E-state index in [1.54, 1.807) is 0 Å². The number of rotatable bonds is 4. The number of nitrogens with zero attached hydrogens (tertiary/aromatic N) is 1. The first-order valence-corrected chi connectivity index (χ1v) is 8.79. The minimum Gasteiger partial charge on any atom is -0.330 e. The Hall–Kier alpha value is -0.330. The number of hydrogen-bond donors (Lipinski definition) is 1. The van der Waals surface area contributed by atoms with Crippen LogP contribution in [-0.2, 0) is 10.0 Å². The van der Waals surface area contributed by atoms with Gasteiger partial charge in [0.05, 0.1) is 4.90 Å². The summed E-state index contributed by atoms with van der Waals surface area (Å²) in [5, 5.41) is 0.656. The van der Waals surface area contributed by atoms with Gasteiger partial charge >= 0.3 is 0 Å². The van der Waals surface area contributed by atoms with Gasteiger partial charge in [-0.2, -0.15) is 4.31 Å². The van der Waals surface area contributed by atoms with Crippen molar-refractivity contribution in [2.75, 3.05) is 19.6 Å². The molecule has 0 aromatic heterocycles. The summed E-state index contributed by atoms with van der Waals surface area (Å²) in [6.07, 6.45) is 2.66. The molecule has 0 aliphatic carbocycles. The normalized spacial score (nSPS) is 18.4. The van der Waals surface area contributed by atoms with Crippen LogP contribution in [0.3, 0.4) is 0 Å². The van der Waals surface area contributed by atoms with Crippen molar-refractivity contribution in [3.8, 4) is 0 Å². The van der Waals surface area contributed by atoms with Gasteiger partial charge in [-0.05, 0) is 49.9 Å². The van der Waals surface area contributed by atoms with Gasteiger partial charge in [-0.1, -0.05) is 23.2 Å². The van der Waals surface area contributed by atoms with Crippen molar-refractivity contribution in [2.45, 2.75) is 24.2 Å². The number of piperidine rings is 1. The van der Waals surface area contributed by atoms with E-state index in [0.717, 1.165) is 19.3 Å². The molecule has 1 saturated heterocycles. The zero-order valence-electron chi connectivity index (χ0n) is 11.1. The Bertz CT molecular complexity index is 549. The fourth-order valence-electron chi connectivity index (χ4n) is 2.50. The number of sulfonamides is 1. The van der Waals surface area contributed by atoms with Crippen molar-refractivity contribution in [1.82, 2.24) is 4.31 Å². The molecule has 1 aliphatic rings. The van der Waals surface area contributed by atoms with Gasteiger partial charge in [0.2, 0.25) is 10.0 Å². The minimum atomic E-state index is -3.51. The summed E-state index contributed by atoms with van der Waals surface area (Å²) >= 11 is 11.8. The maximum Gasteiger partial charge on any atom is 0.243 e. The lowest BCUT2D eigenvalue weighted by molar-refractivity contribution is 0.266. The number of nitrogens with two attached hydrogens (primary N) is 1. The molecule has 0 radical (unpaired) electrons. The Morgan fingerprint density at radius 3 is 2.20 bits per heavy atom. The molecule has 1 fully saturated rings. The quantitative estimate of drug-likeness (QED) is 0.919. The zero-order chi connectivity index (χ0) is 14.8. The summed E-state index contributed by atoms with van der Waals surface area (Å²) < 4.78 is 26.6. The molecule has 0 saturated carbocycles. The van der Waals surface area contributed by atoms with Gasteiger partial charge in [0.15, 0.2) is 0 Å². The molecule has 1 aromatic rings. The molecule has 2 N–H and O–H groups in total. The molecule has 0 atom stereocenters. The van der Waals surface area contributed by atoms with Crippen LogP contribution in [-0.4, -0.2) is 32.4 Å². The Kier molecular flexibility index (Phi) is 5.31. The van der Waals surface area contributed by atoms with Gasteiger partial charge in [-0.3, -0.25) is 0 Å². The van der Waals surface area contributed by atoms with Crippen molar-refractivity contribution < 1.29 is 8.42 Å². The number of benzene rings is 1. The largest absolute Gasteiger partial charge is 0.330 e. The topological polar surface area (TPSA) is 63.4 Å². The third-order valence-electron chi connectivity index (χ3n) is 3.62. The van der Waals surface area contributed by atoms with E-state index < -0.39 is 10.0 Å². The second kappa shape index (κ2) is 6.62. The highest BCUT2D eigenvalue weighted by Gasteiger charge is 2.29. The molecular weight excluding hydrogens is 319 g/mol. The zero-order valence-corrected chi connectivity index (χ0v) is 13.4. The second-order valence-corrected chi connectivity index (χ2v) is 7.84. The first kappa shape index (κ1) is 16.0. The lowest BCUT2D eigenvalue weighted by Crippen LogP contribution is -2.38. The van der Waals surface area contributed by atoms with Crippen LogP contribution in [0, 0.1) is 5.92 Å². The third kappa shape index (κ3) is 3.65. The standard InChI is InChI=1S/C13H18Cl2N2O2S/c14-11-7-12(15)9-13(8-11)20(18,19)17-5-2-10(1-4-16)3-6-17/h7-10H,1-6,16H2. The Labute approximate surface area is 129 Å². The summed E-state index contributed by atoms with van der Waals surface area (Å²) in [6.45, 7) is 1.70. The Morgan fingerprint density at radius 1 is 1.15 bits per heavy atom. The Balaban J connectivity index is 2.15. The van der Waals surface area contributed by atoms with Crippen molar-refractivity contribution in [1.29, 1.82) is 0 Å². The van der Waals surface area contributed by atoms with E-state index in [1.165, 1.54) is 22.5 Å². The van der Waals surface area contributed by atoms with Crippen LogP contribution in [0.2, 0.25) is 10.0 Å². The van der Waals surface area contributed by atoms with E-state index in [1.807, 2.05) is 0 Å². The SMILES string of the molecule is NCCC1CCN(S(=O)(=O)c2cc(Cl)cc(Cl)c2)CC1. The molecule has 0 spiro atoms. The van der Waals surface area contributed by atoms with Crippen LogP contribution in [0.1, 0.15) is 19.3 Å². The van der Waals surface area contributed by atoms with E-state index >= 15 is 0 Å². The first-order chi connectivity index (χ1) is 9.43. The van der Waals surface area contributed by atoms with Crippen LogP contribution in [0.25, 0.3) is 0 Å². The molecule has 1 aromatic carbocycles. The van der Waals surface area contributed by atoms with Gasteiger partial charge in [0.25, 0.3) is 0 Å². The predicted molar refractivity (Wildman–Crippen MR) is 81.6 cm³/mol. The molecule has 1 heterocycles. The van der Waals surface area contributed by atoms with Crippen LogP contribution in [0.15, 0.2) is 23.1 Å². The molecule has 0 amide bonds. The smallest absolute Gasteiger partial charge is 0.243 e. The first-order valence-electron chi connectivity index (χ1n) is 6.60. The number of halogens is 2. The maximum atomic E-state index is 12.5. The lowest BCUT2D eigenvalue weighted by atomic mass is 9.95.